The van der Waals surface area contributed by atoms with E-state index in [1.54, 1.807) is 0 Å². The molecule has 0 amide bonds. The predicted octanol–water partition coefficient (Wildman–Crippen LogP) is 3.26. The lowest BCUT2D eigenvalue weighted by Crippen LogP contribution is -1.85. The summed E-state index contributed by atoms with van der Waals surface area (Å²) in [5, 5.41) is 2.29. The van der Waals surface area contributed by atoms with Crippen LogP contribution >= 0.6 is 22.6 Å². The normalized spacial score (nSPS) is 10.2. The Labute approximate surface area is 89.9 Å². The van der Waals surface area contributed by atoms with Crippen molar-refractivity contribution >= 4 is 39.6 Å². The van der Waals surface area contributed by atoms with E-state index in [1.165, 1.54) is 5.39 Å². The standard InChI is InChI=1S/C11H7IO/c12-11-6-9-4-2-1-3-8(9)5-10(11)7-13/h1-7H. The molecule has 0 aliphatic rings. The van der Waals surface area contributed by atoms with Crippen molar-refractivity contribution in [3.63, 3.8) is 0 Å². The van der Waals surface area contributed by atoms with Crippen LogP contribution in [0.15, 0.2) is 36.4 Å². The Morgan fingerprint density at radius 3 is 2.31 bits per heavy atom. The number of hydrogen-bond acceptors (Lipinski definition) is 1. The van der Waals surface area contributed by atoms with Crippen molar-refractivity contribution in [3.05, 3.63) is 45.5 Å². The third kappa shape index (κ3) is 1.58. The smallest absolute Gasteiger partial charge is 0.151 e. The van der Waals surface area contributed by atoms with Crippen LogP contribution in [0, 0.1) is 3.57 Å². The summed E-state index contributed by atoms with van der Waals surface area (Å²) < 4.78 is 1.01. The van der Waals surface area contributed by atoms with Crippen LogP contribution in [-0.4, -0.2) is 6.29 Å². The number of benzene rings is 2. The molecule has 2 heteroatoms. The molecule has 64 valence electrons. The molecule has 0 aliphatic heterocycles. The van der Waals surface area contributed by atoms with Gasteiger partial charge in [-0.25, -0.2) is 0 Å². The van der Waals surface area contributed by atoms with Crippen LogP contribution in [0.5, 0.6) is 0 Å². The van der Waals surface area contributed by atoms with E-state index >= 15 is 0 Å². The monoisotopic (exact) mass is 282 g/mol. The van der Waals surface area contributed by atoms with Gasteiger partial charge in [0, 0.05) is 9.13 Å². The highest BCUT2D eigenvalue weighted by atomic mass is 127. The molecule has 0 radical (unpaired) electrons. The summed E-state index contributed by atoms with van der Waals surface area (Å²) >= 11 is 2.18. The van der Waals surface area contributed by atoms with Gasteiger partial charge in [-0.3, -0.25) is 4.79 Å². The number of aldehydes is 1. The molecule has 2 aromatic carbocycles. The molecule has 0 unspecified atom stereocenters. The summed E-state index contributed by atoms with van der Waals surface area (Å²) in [6, 6.07) is 12.0. The highest BCUT2D eigenvalue weighted by molar-refractivity contribution is 14.1. The fourth-order valence-corrected chi connectivity index (χ4v) is 1.94. The van der Waals surface area contributed by atoms with Gasteiger partial charge in [-0.1, -0.05) is 24.3 Å². The van der Waals surface area contributed by atoms with Crippen molar-refractivity contribution in [3.8, 4) is 0 Å². The Hall–Kier alpha value is -0.900. The zero-order chi connectivity index (χ0) is 9.26. The van der Waals surface area contributed by atoms with Crippen LogP contribution < -0.4 is 0 Å². The highest BCUT2D eigenvalue weighted by Crippen LogP contribution is 2.20. The lowest BCUT2D eigenvalue weighted by molar-refractivity contribution is 0.112. The van der Waals surface area contributed by atoms with Crippen molar-refractivity contribution in [1.82, 2.24) is 0 Å². The maximum Gasteiger partial charge on any atom is 0.151 e. The predicted molar refractivity (Wildman–Crippen MR) is 62.1 cm³/mol. The molecule has 0 saturated carbocycles. The Kier molecular flexibility index (Phi) is 2.31. The Bertz CT molecular complexity index is 463. The Morgan fingerprint density at radius 1 is 1.08 bits per heavy atom. The lowest BCUT2D eigenvalue weighted by Gasteiger charge is -2.00. The highest BCUT2D eigenvalue weighted by Gasteiger charge is 2.00. The van der Waals surface area contributed by atoms with Crippen molar-refractivity contribution in [1.29, 1.82) is 0 Å². The van der Waals surface area contributed by atoms with Gasteiger partial charge in [-0.05, 0) is 45.5 Å². The second kappa shape index (κ2) is 3.46. The molecule has 0 N–H and O–H groups in total. The zero-order valence-electron chi connectivity index (χ0n) is 6.83. The minimum Gasteiger partial charge on any atom is -0.298 e. The number of rotatable bonds is 1. The summed E-state index contributed by atoms with van der Waals surface area (Å²) in [4.78, 5) is 10.7. The number of carbonyl (C=O) groups is 1. The van der Waals surface area contributed by atoms with Crippen molar-refractivity contribution in [2.45, 2.75) is 0 Å². The van der Waals surface area contributed by atoms with Crippen molar-refractivity contribution < 1.29 is 4.79 Å². The van der Waals surface area contributed by atoms with E-state index in [-0.39, 0.29) is 0 Å². The maximum absolute atomic E-state index is 10.7. The fraction of sp³-hybridized carbons (Fsp3) is 0. The van der Waals surface area contributed by atoms with E-state index in [0.29, 0.717) is 0 Å². The summed E-state index contributed by atoms with van der Waals surface area (Å²) in [6.45, 7) is 0. The van der Waals surface area contributed by atoms with Gasteiger partial charge in [-0.2, -0.15) is 0 Å². The molecule has 2 aromatic rings. The molecule has 0 fully saturated rings. The van der Waals surface area contributed by atoms with Gasteiger partial charge in [0.25, 0.3) is 0 Å². The number of hydrogen-bond donors (Lipinski definition) is 0. The van der Waals surface area contributed by atoms with Gasteiger partial charge >= 0.3 is 0 Å². The minimum absolute atomic E-state index is 0.763. The number of halogens is 1. The van der Waals surface area contributed by atoms with E-state index in [1.807, 2.05) is 36.4 Å². The molecule has 0 spiro atoms. The molecule has 0 atom stereocenters. The number of carbonyl (C=O) groups excluding carboxylic acids is 1. The molecule has 0 aliphatic carbocycles. The first-order valence-corrected chi connectivity index (χ1v) is 5.02. The number of fused-ring (bicyclic) bond motifs is 1. The molecule has 0 saturated heterocycles. The van der Waals surface area contributed by atoms with Crippen LogP contribution in [0.25, 0.3) is 10.8 Å². The summed E-state index contributed by atoms with van der Waals surface area (Å²) in [5.41, 5.74) is 0.763. The molecular weight excluding hydrogens is 275 g/mol. The second-order valence-electron chi connectivity index (χ2n) is 2.84. The third-order valence-electron chi connectivity index (χ3n) is 1.99. The van der Waals surface area contributed by atoms with Crippen LogP contribution in [-0.2, 0) is 0 Å². The quantitative estimate of drug-likeness (QED) is 0.579. The Balaban J connectivity index is 2.81. The maximum atomic E-state index is 10.7. The van der Waals surface area contributed by atoms with Gasteiger partial charge < -0.3 is 0 Å². The first-order chi connectivity index (χ1) is 6.31. The molecule has 1 nitrogen and oxygen atoms in total. The van der Waals surface area contributed by atoms with Crippen molar-refractivity contribution in [2.75, 3.05) is 0 Å². The average molecular weight is 282 g/mol. The third-order valence-corrected chi connectivity index (χ3v) is 2.93. The van der Waals surface area contributed by atoms with Gasteiger partial charge in [0.15, 0.2) is 6.29 Å². The van der Waals surface area contributed by atoms with Crippen LogP contribution in [0.2, 0.25) is 0 Å². The van der Waals surface area contributed by atoms with Gasteiger partial charge in [0.05, 0.1) is 0 Å². The Morgan fingerprint density at radius 2 is 1.69 bits per heavy atom. The van der Waals surface area contributed by atoms with Gasteiger partial charge in [0.2, 0.25) is 0 Å². The van der Waals surface area contributed by atoms with E-state index in [4.69, 9.17) is 0 Å². The molecule has 13 heavy (non-hydrogen) atoms. The van der Waals surface area contributed by atoms with Crippen LogP contribution in [0.4, 0.5) is 0 Å². The molecule has 0 heterocycles. The van der Waals surface area contributed by atoms with E-state index in [2.05, 4.69) is 22.6 Å². The van der Waals surface area contributed by atoms with Gasteiger partial charge in [-0.15, -0.1) is 0 Å². The SMILES string of the molecule is O=Cc1cc2ccccc2cc1I. The molecule has 0 bridgehead atoms. The second-order valence-corrected chi connectivity index (χ2v) is 4.00. The molecular formula is C11H7IO. The van der Waals surface area contributed by atoms with Crippen LogP contribution in [0.3, 0.4) is 0 Å². The van der Waals surface area contributed by atoms with E-state index in [0.717, 1.165) is 20.8 Å². The van der Waals surface area contributed by atoms with Crippen LogP contribution in [0.1, 0.15) is 10.4 Å². The van der Waals surface area contributed by atoms with Gasteiger partial charge in [0.1, 0.15) is 0 Å². The fourth-order valence-electron chi connectivity index (χ4n) is 1.32. The summed E-state index contributed by atoms with van der Waals surface area (Å²) in [5.74, 6) is 0. The first-order valence-electron chi connectivity index (χ1n) is 3.95. The van der Waals surface area contributed by atoms with E-state index in [9.17, 15) is 4.79 Å². The minimum atomic E-state index is 0.763. The van der Waals surface area contributed by atoms with E-state index < -0.39 is 0 Å². The summed E-state index contributed by atoms with van der Waals surface area (Å²) in [6.07, 6.45) is 0.897. The first kappa shape index (κ1) is 8.69. The molecule has 0 aromatic heterocycles. The zero-order valence-corrected chi connectivity index (χ0v) is 8.99. The van der Waals surface area contributed by atoms with Crippen molar-refractivity contribution in [2.24, 2.45) is 0 Å². The lowest BCUT2D eigenvalue weighted by atomic mass is 10.1. The largest absolute Gasteiger partial charge is 0.298 e. The summed E-state index contributed by atoms with van der Waals surface area (Å²) in [7, 11) is 0. The molecule has 2 rings (SSSR count). The average Bonchev–Trinajstić information content (AvgIpc) is 2.17. The topological polar surface area (TPSA) is 17.1 Å².